The summed E-state index contributed by atoms with van der Waals surface area (Å²) >= 11 is 0. The maximum absolute atomic E-state index is 13.3. The van der Waals surface area contributed by atoms with Gasteiger partial charge in [0.1, 0.15) is 11.4 Å². The van der Waals surface area contributed by atoms with E-state index in [2.05, 4.69) is 10.3 Å². The van der Waals surface area contributed by atoms with Crippen LogP contribution < -0.4 is 0 Å². The molecule has 2 saturated carbocycles. The number of carbonyl (C=O) groups excluding carboxylic acids is 2. The van der Waals surface area contributed by atoms with Crippen LogP contribution >= 0.6 is 0 Å². The van der Waals surface area contributed by atoms with Crippen LogP contribution in [0.3, 0.4) is 0 Å². The molecule has 0 aromatic carbocycles. The molecule has 0 bridgehead atoms. The number of aliphatic hydroxyl groups is 1. The summed E-state index contributed by atoms with van der Waals surface area (Å²) in [5.41, 5.74) is -0.504. The monoisotopic (exact) mass is 405 g/mol. The highest BCUT2D eigenvalue weighted by Gasteiger charge is 2.46. The number of hydrogen-bond acceptors (Lipinski definition) is 6. The summed E-state index contributed by atoms with van der Waals surface area (Å²) in [7, 11) is 1.38. The molecule has 1 N–H and O–H groups in total. The van der Waals surface area contributed by atoms with E-state index in [-0.39, 0.29) is 29.6 Å². The Hall–Kier alpha value is -1.76. The molecule has 1 aromatic heterocycles. The van der Waals surface area contributed by atoms with Crippen LogP contribution in [0.2, 0.25) is 0 Å². The summed E-state index contributed by atoms with van der Waals surface area (Å²) in [6.07, 6.45) is 9.70. The van der Waals surface area contributed by atoms with Crippen molar-refractivity contribution in [3.05, 3.63) is 11.9 Å². The number of methoxy groups -OCH3 is 1. The van der Waals surface area contributed by atoms with E-state index in [1.54, 1.807) is 24.7 Å². The smallest absolute Gasteiger partial charge is 0.309 e. The van der Waals surface area contributed by atoms with E-state index < -0.39 is 11.5 Å². The highest BCUT2D eigenvalue weighted by molar-refractivity contribution is 5.88. The van der Waals surface area contributed by atoms with Crippen LogP contribution in [-0.2, 0) is 19.9 Å². The van der Waals surface area contributed by atoms with Crippen molar-refractivity contribution < 1.29 is 19.4 Å². The summed E-state index contributed by atoms with van der Waals surface area (Å²) < 4.78 is 6.71. The van der Waals surface area contributed by atoms with Crippen molar-refractivity contribution in [3.8, 4) is 0 Å². The second-order valence-electron chi connectivity index (χ2n) is 9.53. The van der Waals surface area contributed by atoms with E-state index in [9.17, 15) is 14.7 Å². The van der Waals surface area contributed by atoms with E-state index in [4.69, 9.17) is 4.74 Å². The Morgan fingerprint density at radius 3 is 2.52 bits per heavy atom. The van der Waals surface area contributed by atoms with Gasteiger partial charge in [0.05, 0.1) is 31.0 Å². The van der Waals surface area contributed by atoms with Gasteiger partial charge in [0.2, 0.25) is 0 Å². The van der Waals surface area contributed by atoms with Crippen molar-refractivity contribution in [2.45, 2.75) is 83.8 Å². The van der Waals surface area contributed by atoms with Crippen molar-refractivity contribution in [2.24, 2.45) is 23.7 Å². The molecular weight excluding hydrogens is 370 g/mol. The van der Waals surface area contributed by atoms with Gasteiger partial charge in [0.25, 0.3) is 0 Å². The van der Waals surface area contributed by atoms with Crippen molar-refractivity contribution in [2.75, 3.05) is 7.11 Å². The minimum Gasteiger partial charge on any atom is -0.469 e. The lowest BCUT2D eigenvalue weighted by atomic mass is 9.78. The molecule has 4 atom stereocenters. The normalized spacial score (nSPS) is 27.0. The Balaban J connectivity index is 1.76. The third-order valence-corrected chi connectivity index (χ3v) is 6.85. The first-order valence-electron chi connectivity index (χ1n) is 11.0. The summed E-state index contributed by atoms with van der Waals surface area (Å²) in [6.45, 7) is 5.38. The number of rotatable bonds is 7. The lowest BCUT2D eigenvalue weighted by molar-refractivity contribution is -0.149. The zero-order valence-corrected chi connectivity index (χ0v) is 18.1. The number of esters is 1. The van der Waals surface area contributed by atoms with Crippen molar-refractivity contribution >= 4 is 11.8 Å². The molecule has 29 heavy (non-hydrogen) atoms. The van der Waals surface area contributed by atoms with Gasteiger partial charge in [-0.1, -0.05) is 44.2 Å². The molecule has 7 nitrogen and oxygen atoms in total. The number of ketones is 1. The second kappa shape index (κ2) is 8.94. The molecule has 0 amide bonds. The van der Waals surface area contributed by atoms with E-state index in [0.717, 1.165) is 6.42 Å². The Morgan fingerprint density at radius 1 is 1.24 bits per heavy atom. The van der Waals surface area contributed by atoms with Gasteiger partial charge >= 0.3 is 5.97 Å². The molecule has 0 spiro atoms. The van der Waals surface area contributed by atoms with Gasteiger partial charge in [-0.05, 0) is 39.0 Å². The molecule has 2 aliphatic rings. The molecule has 0 saturated heterocycles. The van der Waals surface area contributed by atoms with Crippen molar-refractivity contribution in [1.29, 1.82) is 0 Å². The molecule has 1 aromatic rings. The van der Waals surface area contributed by atoms with Gasteiger partial charge in [0, 0.05) is 11.8 Å². The molecule has 0 radical (unpaired) electrons. The lowest BCUT2D eigenvalue weighted by Crippen LogP contribution is -2.31. The summed E-state index contributed by atoms with van der Waals surface area (Å²) in [6, 6.07) is -0.154. The molecule has 3 rings (SSSR count). The van der Waals surface area contributed by atoms with Crippen LogP contribution in [-0.4, -0.2) is 39.0 Å². The predicted molar refractivity (Wildman–Crippen MR) is 108 cm³/mol. The van der Waals surface area contributed by atoms with Crippen LogP contribution in [0.5, 0.6) is 0 Å². The molecule has 7 heteroatoms. The Labute approximate surface area is 173 Å². The first kappa shape index (κ1) is 21.9. The second-order valence-corrected chi connectivity index (χ2v) is 9.53. The molecule has 0 aliphatic heterocycles. The fourth-order valence-electron chi connectivity index (χ4n) is 5.29. The molecule has 1 unspecified atom stereocenters. The largest absolute Gasteiger partial charge is 0.469 e. The summed E-state index contributed by atoms with van der Waals surface area (Å²) in [5, 5.41) is 18.5. The van der Waals surface area contributed by atoms with E-state index in [0.29, 0.717) is 24.5 Å². The Bertz CT molecular complexity index is 718. The van der Waals surface area contributed by atoms with Crippen LogP contribution in [0.15, 0.2) is 6.20 Å². The molecule has 2 aliphatic carbocycles. The summed E-state index contributed by atoms with van der Waals surface area (Å²) in [5.74, 6) is -0.443. The highest BCUT2D eigenvalue weighted by Crippen LogP contribution is 2.43. The highest BCUT2D eigenvalue weighted by atomic mass is 16.5. The molecule has 1 heterocycles. The molecule has 162 valence electrons. The maximum atomic E-state index is 13.3. The number of carbonyl (C=O) groups is 2. The van der Waals surface area contributed by atoms with Gasteiger partial charge in [-0.25, -0.2) is 4.68 Å². The standard InChI is InChI=1S/C22H35N3O4/c1-14(10-15-8-6-5-7-9-15)20(26)17-11-16(12-18(17)21(27)29-4)25-19(13-23-24-25)22(2,3)28/h13-18,28H,5-12H2,1-4H3/t14-,16-,17?,18-/m1/s1. The van der Waals surface area contributed by atoms with Crippen molar-refractivity contribution in [1.82, 2.24) is 15.0 Å². The van der Waals surface area contributed by atoms with Gasteiger partial charge in [-0.15, -0.1) is 5.10 Å². The third-order valence-electron chi connectivity index (χ3n) is 6.85. The first-order valence-corrected chi connectivity index (χ1v) is 11.0. The quantitative estimate of drug-likeness (QED) is 0.699. The van der Waals surface area contributed by atoms with Crippen LogP contribution in [0.1, 0.15) is 83.9 Å². The minimum absolute atomic E-state index is 0.0569. The zero-order valence-electron chi connectivity index (χ0n) is 18.1. The SMILES string of the molecule is COC(=O)[C@@H]1C[C@H](n2nncc2C(C)(C)O)CC1C(=O)[C@H](C)CC1CCCCC1. The minimum atomic E-state index is -1.10. The number of hydrogen-bond donors (Lipinski definition) is 1. The average molecular weight is 406 g/mol. The van der Waals surface area contributed by atoms with Gasteiger partial charge < -0.3 is 9.84 Å². The van der Waals surface area contributed by atoms with Crippen LogP contribution in [0.25, 0.3) is 0 Å². The fraction of sp³-hybridized carbons (Fsp3) is 0.818. The average Bonchev–Trinajstić information content (AvgIpc) is 3.34. The topological polar surface area (TPSA) is 94.3 Å². The van der Waals surface area contributed by atoms with E-state index >= 15 is 0 Å². The molecular formula is C22H35N3O4. The number of Topliss-reactive ketones (excluding diaryl/α,β-unsaturated/α-hetero) is 1. The van der Waals surface area contributed by atoms with E-state index in [1.165, 1.54) is 39.2 Å². The molecule has 2 fully saturated rings. The Kier molecular flexibility index (Phi) is 6.76. The summed E-state index contributed by atoms with van der Waals surface area (Å²) in [4.78, 5) is 25.8. The predicted octanol–water partition coefficient (Wildman–Crippen LogP) is 3.42. The number of ether oxygens (including phenoxy) is 1. The zero-order chi connectivity index (χ0) is 21.2. The van der Waals surface area contributed by atoms with Crippen molar-refractivity contribution in [3.63, 3.8) is 0 Å². The maximum Gasteiger partial charge on any atom is 0.309 e. The van der Waals surface area contributed by atoms with Crippen LogP contribution in [0.4, 0.5) is 0 Å². The third kappa shape index (κ3) is 4.87. The van der Waals surface area contributed by atoms with Crippen LogP contribution in [0, 0.1) is 23.7 Å². The fourth-order valence-corrected chi connectivity index (χ4v) is 5.29. The lowest BCUT2D eigenvalue weighted by Gasteiger charge is -2.26. The van der Waals surface area contributed by atoms with Gasteiger partial charge in [-0.3, -0.25) is 9.59 Å². The Morgan fingerprint density at radius 2 is 1.90 bits per heavy atom. The number of aromatic nitrogens is 3. The first-order chi connectivity index (χ1) is 13.7. The van der Waals surface area contributed by atoms with Gasteiger partial charge in [-0.2, -0.15) is 0 Å². The van der Waals surface area contributed by atoms with Gasteiger partial charge in [0.15, 0.2) is 0 Å². The van der Waals surface area contributed by atoms with E-state index in [1.807, 2.05) is 6.92 Å². The number of nitrogens with zero attached hydrogens (tertiary/aromatic N) is 3.